The average Bonchev–Trinajstić information content (AvgIpc) is 2.49. The van der Waals surface area contributed by atoms with Gasteiger partial charge in [0.25, 0.3) is 0 Å². The van der Waals surface area contributed by atoms with E-state index in [1.807, 2.05) is 0 Å². The molecule has 3 N–H and O–H groups in total. The maximum atomic E-state index is 12.0. The molecule has 0 aromatic rings. The van der Waals surface area contributed by atoms with Gasteiger partial charge in [0, 0.05) is 19.2 Å². The van der Waals surface area contributed by atoms with Crippen LogP contribution in [0.2, 0.25) is 0 Å². The van der Waals surface area contributed by atoms with Crippen molar-refractivity contribution < 1.29 is 14.3 Å². The van der Waals surface area contributed by atoms with Crippen molar-refractivity contribution in [3.05, 3.63) is 0 Å². The maximum Gasteiger partial charge on any atom is 0.249 e. The summed E-state index contributed by atoms with van der Waals surface area (Å²) in [5.41, 5.74) is 5.68. The minimum atomic E-state index is -0.448. The third-order valence-electron chi connectivity index (χ3n) is 3.71. The molecule has 5 heteroatoms. The van der Waals surface area contributed by atoms with E-state index in [1.54, 1.807) is 6.92 Å². The predicted molar refractivity (Wildman–Crippen MR) is 79.5 cm³/mol. The number of rotatable bonds is 9. The third-order valence-corrected chi connectivity index (χ3v) is 3.71. The van der Waals surface area contributed by atoms with E-state index in [9.17, 15) is 4.79 Å². The number of hydrogen-bond donors (Lipinski definition) is 2. The first-order valence-corrected chi connectivity index (χ1v) is 7.91. The molecule has 5 nitrogen and oxygen atoms in total. The van der Waals surface area contributed by atoms with Gasteiger partial charge < -0.3 is 20.5 Å². The van der Waals surface area contributed by atoms with Crippen LogP contribution in [0, 0.1) is 0 Å². The van der Waals surface area contributed by atoms with Crippen LogP contribution in [0.1, 0.15) is 52.4 Å². The molecule has 1 heterocycles. The second-order valence-electron chi connectivity index (χ2n) is 5.55. The molecule has 0 radical (unpaired) electrons. The number of amides is 1. The van der Waals surface area contributed by atoms with Crippen LogP contribution in [-0.2, 0) is 14.3 Å². The van der Waals surface area contributed by atoms with Crippen LogP contribution in [-0.4, -0.2) is 43.9 Å². The van der Waals surface area contributed by atoms with Crippen molar-refractivity contribution in [1.82, 2.24) is 5.32 Å². The zero-order valence-electron chi connectivity index (χ0n) is 12.9. The van der Waals surface area contributed by atoms with E-state index < -0.39 is 6.10 Å². The Bertz CT molecular complexity index is 268. The molecular weight excluding hydrogens is 256 g/mol. The van der Waals surface area contributed by atoms with Gasteiger partial charge >= 0.3 is 0 Å². The standard InChI is InChI=1S/C15H30N2O3/c1-3-4-7-13(10-16)17-15(18)12(2)20-11-14-8-5-6-9-19-14/h12-14H,3-11,16H2,1-2H3,(H,17,18). The number of nitrogens with two attached hydrogens (primary N) is 1. The first-order valence-electron chi connectivity index (χ1n) is 7.91. The molecule has 20 heavy (non-hydrogen) atoms. The molecular formula is C15H30N2O3. The van der Waals surface area contributed by atoms with Crippen LogP contribution < -0.4 is 11.1 Å². The topological polar surface area (TPSA) is 73.6 Å². The van der Waals surface area contributed by atoms with Gasteiger partial charge in [-0.1, -0.05) is 19.8 Å². The smallest absolute Gasteiger partial charge is 0.249 e. The molecule has 1 aliphatic rings. The van der Waals surface area contributed by atoms with Crippen LogP contribution in [0.25, 0.3) is 0 Å². The second-order valence-corrected chi connectivity index (χ2v) is 5.55. The molecule has 0 saturated carbocycles. The lowest BCUT2D eigenvalue weighted by molar-refractivity contribution is -0.136. The zero-order valence-corrected chi connectivity index (χ0v) is 12.9. The van der Waals surface area contributed by atoms with Crippen molar-refractivity contribution >= 4 is 5.91 Å². The number of carbonyl (C=O) groups excluding carboxylic acids is 1. The lowest BCUT2D eigenvalue weighted by Crippen LogP contribution is -2.45. The SMILES string of the molecule is CCCCC(CN)NC(=O)C(C)OCC1CCCCO1. The molecule has 118 valence electrons. The average molecular weight is 286 g/mol. The molecule has 3 unspecified atom stereocenters. The van der Waals surface area contributed by atoms with Crippen molar-refractivity contribution in [2.75, 3.05) is 19.8 Å². The van der Waals surface area contributed by atoms with Gasteiger partial charge in [0.1, 0.15) is 6.10 Å². The van der Waals surface area contributed by atoms with E-state index in [-0.39, 0.29) is 18.1 Å². The van der Waals surface area contributed by atoms with Crippen LogP contribution in [0.5, 0.6) is 0 Å². The van der Waals surface area contributed by atoms with Crippen molar-refractivity contribution in [2.45, 2.75) is 70.6 Å². The van der Waals surface area contributed by atoms with Gasteiger partial charge in [-0.3, -0.25) is 4.79 Å². The van der Waals surface area contributed by atoms with Gasteiger partial charge in [0.15, 0.2) is 0 Å². The Labute approximate surface area is 122 Å². The highest BCUT2D eigenvalue weighted by molar-refractivity contribution is 5.80. The third kappa shape index (κ3) is 6.68. The summed E-state index contributed by atoms with van der Waals surface area (Å²) in [4.78, 5) is 12.0. The minimum absolute atomic E-state index is 0.0550. The summed E-state index contributed by atoms with van der Waals surface area (Å²) < 4.78 is 11.2. The molecule has 1 fully saturated rings. The Morgan fingerprint density at radius 3 is 2.90 bits per heavy atom. The molecule has 0 spiro atoms. The minimum Gasteiger partial charge on any atom is -0.376 e. The summed E-state index contributed by atoms with van der Waals surface area (Å²) in [7, 11) is 0. The van der Waals surface area contributed by atoms with Gasteiger partial charge in [0.2, 0.25) is 5.91 Å². The summed E-state index contributed by atoms with van der Waals surface area (Å²) >= 11 is 0. The van der Waals surface area contributed by atoms with E-state index in [1.165, 1.54) is 6.42 Å². The normalized spacial score (nSPS) is 22.2. The Morgan fingerprint density at radius 2 is 2.30 bits per heavy atom. The highest BCUT2D eigenvalue weighted by atomic mass is 16.5. The van der Waals surface area contributed by atoms with E-state index >= 15 is 0 Å². The lowest BCUT2D eigenvalue weighted by Gasteiger charge is -2.25. The van der Waals surface area contributed by atoms with E-state index in [0.29, 0.717) is 13.2 Å². The Hall–Kier alpha value is -0.650. The van der Waals surface area contributed by atoms with Crippen LogP contribution in [0.15, 0.2) is 0 Å². The van der Waals surface area contributed by atoms with Crippen LogP contribution >= 0.6 is 0 Å². The molecule has 3 atom stereocenters. The van der Waals surface area contributed by atoms with Gasteiger partial charge in [-0.25, -0.2) is 0 Å². The van der Waals surface area contributed by atoms with E-state index in [0.717, 1.165) is 38.7 Å². The number of hydrogen-bond acceptors (Lipinski definition) is 4. The maximum absolute atomic E-state index is 12.0. The summed E-state index contributed by atoms with van der Waals surface area (Å²) in [6.45, 7) is 5.69. The van der Waals surface area contributed by atoms with Gasteiger partial charge in [-0.05, 0) is 32.6 Å². The highest BCUT2D eigenvalue weighted by Gasteiger charge is 2.20. The summed E-state index contributed by atoms with van der Waals surface area (Å²) in [6, 6.07) is 0.0550. The Morgan fingerprint density at radius 1 is 1.50 bits per heavy atom. The van der Waals surface area contributed by atoms with Crippen LogP contribution in [0.3, 0.4) is 0 Å². The van der Waals surface area contributed by atoms with E-state index in [2.05, 4.69) is 12.2 Å². The second kappa shape index (κ2) is 10.1. The van der Waals surface area contributed by atoms with E-state index in [4.69, 9.17) is 15.2 Å². The molecule has 1 amide bonds. The van der Waals surface area contributed by atoms with Crippen molar-refractivity contribution in [2.24, 2.45) is 5.73 Å². The number of carbonyl (C=O) groups is 1. The Balaban J connectivity index is 2.22. The molecule has 1 saturated heterocycles. The molecule has 0 aromatic carbocycles. The first-order chi connectivity index (χ1) is 9.67. The fourth-order valence-corrected chi connectivity index (χ4v) is 2.28. The summed E-state index contributed by atoms with van der Waals surface area (Å²) in [5.74, 6) is -0.0765. The molecule has 1 rings (SSSR count). The van der Waals surface area contributed by atoms with Crippen molar-refractivity contribution in [3.63, 3.8) is 0 Å². The molecule has 1 aliphatic heterocycles. The van der Waals surface area contributed by atoms with Crippen molar-refractivity contribution in [1.29, 1.82) is 0 Å². The lowest BCUT2D eigenvalue weighted by atomic mass is 10.1. The quantitative estimate of drug-likeness (QED) is 0.675. The van der Waals surface area contributed by atoms with Gasteiger partial charge in [-0.15, -0.1) is 0 Å². The largest absolute Gasteiger partial charge is 0.376 e. The fourth-order valence-electron chi connectivity index (χ4n) is 2.28. The summed E-state index contributed by atoms with van der Waals surface area (Å²) in [6.07, 6.45) is 6.14. The molecule has 0 aromatic heterocycles. The molecule has 0 aliphatic carbocycles. The van der Waals surface area contributed by atoms with Gasteiger partial charge in [0.05, 0.1) is 12.7 Å². The first kappa shape index (κ1) is 17.4. The number of nitrogens with one attached hydrogen (secondary N) is 1. The number of ether oxygens (including phenoxy) is 2. The number of unbranched alkanes of at least 4 members (excludes halogenated alkanes) is 1. The van der Waals surface area contributed by atoms with Crippen molar-refractivity contribution in [3.8, 4) is 0 Å². The Kier molecular flexibility index (Phi) is 8.82. The monoisotopic (exact) mass is 286 g/mol. The zero-order chi connectivity index (χ0) is 14.8. The summed E-state index contributed by atoms with van der Waals surface area (Å²) in [5, 5.41) is 2.96. The predicted octanol–water partition coefficient (Wildman–Crippen LogP) is 1.59. The van der Waals surface area contributed by atoms with Gasteiger partial charge in [-0.2, -0.15) is 0 Å². The molecule has 0 bridgehead atoms. The highest BCUT2D eigenvalue weighted by Crippen LogP contribution is 2.13. The van der Waals surface area contributed by atoms with Crippen LogP contribution in [0.4, 0.5) is 0 Å². The fraction of sp³-hybridized carbons (Fsp3) is 0.933.